The number of hydrazine groups is 1. The SMILES string of the molecule is O=Cc1ccccc1OCC(=O)NNC(=O)c1ccccc1. The van der Waals surface area contributed by atoms with Crippen LogP contribution in [0.4, 0.5) is 0 Å². The predicted octanol–water partition coefficient (Wildman–Crippen LogP) is 1.34. The van der Waals surface area contributed by atoms with Crippen molar-refractivity contribution in [2.24, 2.45) is 0 Å². The highest BCUT2D eigenvalue weighted by Gasteiger charge is 2.08. The average molecular weight is 298 g/mol. The maximum atomic E-state index is 11.7. The maximum Gasteiger partial charge on any atom is 0.276 e. The second kappa shape index (κ2) is 7.58. The molecule has 0 heterocycles. The third-order valence-corrected chi connectivity index (χ3v) is 2.76. The first-order valence-electron chi connectivity index (χ1n) is 6.52. The molecule has 0 aromatic heterocycles. The molecule has 2 aromatic carbocycles. The predicted molar refractivity (Wildman–Crippen MR) is 79.4 cm³/mol. The standard InChI is InChI=1S/C16H14N2O4/c19-10-13-8-4-5-9-14(13)22-11-15(20)17-18-16(21)12-6-2-1-3-7-12/h1-10H,11H2,(H,17,20)(H,18,21). The van der Waals surface area contributed by atoms with Crippen LogP contribution in [0, 0.1) is 0 Å². The Hall–Kier alpha value is -3.15. The molecule has 0 saturated heterocycles. The smallest absolute Gasteiger partial charge is 0.276 e. The summed E-state index contributed by atoms with van der Waals surface area (Å²) in [7, 11) is 0. The molecule has 2 N–H and O–H groups in total. The average Bonchev–Trinajstić information content (AvgIpc) is 2.58. The van der Waals surface area contributed by atoms with E-state index in [1.807, 2.05) is 0 Å². The van der Waals surface area contributed by atoms with Crippen molar-refractivity contribution in [3.05, 3.63) is 65.7 Å². The molecule has 2 amide bonds. The van der Waals surface area contributed by atoms with Crippen LogP contribution in [0.2, 0.25) is 0 Å². The topological polar surface area (TPSA) is 84.5 Å². The zero-order valence-electron chi connectivity index (χ0n) is 11.6. The lowest BCUT2D eigenvalue weighted by Gasteiger charge is -2.09. The first kappa shape index (κ1) is 15.2. The first-order valence-corrected chi connectivity index (χ1v) is 6.52. The fourth-order valence-corrected chi connectivity index (χ4v) is 1.68. The molecule has 22 heavy (non-hydrogen) atoms. The van der Waals surface area contributed by atoms with Gasteiger partial charge in [0.25, 0.3) is 11.8 Å². The number of carbonyl (C=O) groups is 3. The van der Waals surface area contributed by atoms with Gasteiger partial charge >= 0.3 is 0 Å². The van der Waals surface area contributed by atoms with Crippen LogP contribution in [0.15, 0.2) is 54.6 Å². The molecule has 2 rings (SSSR count). The van der Waals surface area contributed by atoms with E-state index in [2.05, 4.69) is 10.9 Å². The van der Waals surface area contributed by atoms with Crippen LogP contribution >= 0.6 is 0 Å². The van der Waals surface area contributed by atoms with Gasteiger partial charge in [-0.15, -0.1) is 0 Å². The van der Waals surface area contributed by atoms with Crippen LogP contribution in [-0.2, 0) is 4.79 Å². The lowest BCUT2D eigenvalue weighted by atomic mass is 10.2. The van der Waals surface area contributed by atoms with Crippen molar-refractivity contribution in [2.45, 2.75) is 0 Å². The summed E-state index contributed by atoms with van der Waals surface area (Å²) >= 11 is 0. The normalized spacial score (nSPS) is 9.64. The molecule has 6 nitrogen and oxygen atoms in total. The number of hydrogen-bond donors (Lipinski definition) is 2. The summed E-state index contributed by atoms with van der Waals surface area (Å²) in [4.78, 5) is 34.1. The van der Waals surface area contributed by atoms with Crippen molar-refractivity contribution in [3.8, 4) is 5.75 Å². The monoisotopic (exact) mass is 298 g/mol. The van der Waals surface area contributed by atoms with Crippen LogP contribution in [0.25, 0.3) is 0 Å². The van der Waals surface area contributed by atoms with E-state index in [-0.39, 0.29) is 6.61 Å². The Labute approximate surface area is 127 Å². The van der Waals surface area contributed by atoms with Gasteiger partial charge in [-0.05, 0) is 24.3 Å². The number of aldehydes is 1. The van der Waals surface area contributed by atoms with Crippen LogP contribution in [-0.4, -0.2) is 24.7 Å². The van der Waals surface area contributed by atoms with Gasteiger partial charge in [-0.25, -0.2) is 0 Å². The maximum absolute atomic E-state index is 11.7. The van der Waals surface area contributed by atoms with Crippen LogP contribution < -0.4 is 15.6 Å². The number of nitrogens with one attached hydrogen (secondary N) is 2. The Morgan fingerprint density at radius 1 is 0.955 bits per heavy atom. The van der Waals surface area contributed by atoms with E-state index in [0.717, 1.165) is 0 Å². The van der Waals surface area contributed by atoms with Crippen molar-refractivity contribution in [3.63, 3.8) is 0 Å². The number of para-hydroxylation sites is 1. The van der Waals surface area contributed by atoms with Gasteiger partial charge < -0.3 is 4.74 Å². The summed E-state index contributed by atoms with van der Waals surface area (Å²) in [6.07, 6.45) is 0.643. The number of amides is 2. The summed E-state index contributed by atoms with van der Waals surface area (Å²) in [5.41, 5.74) is 5.29. The minimum atomic E-state index is -0.537. The fourth-order valence-electron chi connectivity index (χ4n) is 1.68. The van der Waals surface area contributed by atoms with Crippen LogP contribution in [0.1, 0.15) is 20.7 Å². The second-order valence-corrected chi connectivity index (χ2v) is 4.31. The molecule has 0 aliphatic carbocycles. The van der Waals surface area contributed by atoms with E-state index in [0.29, 0.717) is 23.2 Å². The van der Waals surface area contributed by atoms with Crippen molar-refractivity contribution in [2.75, 3.05) is 6.61 Å². The third kappa shape index (κ3) is 4.17. The lowest BCUT2D eigenvalue weighted by molar-refractivity contribution is -0.123. The zero-order valence-corrected chi connectivity index (χ0v) is 11.6. The second-order valence-electron chi connectivity index (χ2n) is 4.31. The number of hydrogen-bond acceptors (Lipinski definition) is 4. The highest BCUT2D eigenvalue weighted by molar-refractivity contribution is 5.95. The van der Waals surface area contributed by atoms with Gasteiger partial charge in [-0.3, -0.25) is 25.2 Å². The van der Waals surface area contributed by atoms with Gasteiger partial charge in [0.05, 0.1) is 5.56 Å². The van der Waals surface area contributed by atoms with E-state index in [9.17, 15) is 14.4 Å². The summed E-state index contributed by atoms with van der Waals surface area (Å²) in [5, 5.41) is 0. The molecule has 0 bridgehead atoms. The van der Waals surface area contributed by atoms with E-state index in [4.69, 9.17) is 4.74 Å². The van der Waals surface area contributed by atoms with Gasteiger partial charge in [0.15, 0.2) is 12.9 Å². The summed E-state index contributed by atoms with van der Waals surface area (Å²) in [6.45, 7) is -0.320. The van der Waals surface area contributed by atoms with Crippen molar-refractivity contribution in [1.29, 1.82) is 0 Å². The Balaban J connectivity index is 1.81. The summed E-state index contributed by atoms with van der Waals surface area (Å²) < 4.78 is 5.23. The van der Waals surface area contributed by atoms with E-state index in [1.165, 1.54) is 0 Å². The van der Waals surface area contributed by atoms with Crippen LogP contribution in [0.3, 0.4) is 0 Å². The molecule has 0 aliphatic heterocycles. The molecule has 0 aliphatic rings. The van der Waals surface area contributed by atoms with Crippen molar-refractivity contribution in [1.82, 2.24) is 10.9 Å². The fraction of sp³-hybridized carbons (Fsp3) is 0.0625. The number of ether oxygens (including phenoxy) is 1. The zero-order chi connectivity index (χ0) is 15.8. The van der Waals surface area contributed by atoms with Gasteiger partial charge in [0.2, 0.25) is 0 Å². The number of benzene rings is 2. The quantitative estimate of drug-likeness (QED) is 0.644. The third-order valence-electron chi connectivity index (χ3n) is 2.76. The van der Waals surface area contributed by atoms with Crippen molar-refractivity contribution < 1.29 is 19.1 Å². The molecular weight excluding hydrogens is 284 g/mol. The molecule has 112 valence electrons. The molecule has 0 unspecified atom stereocenters. The molecule has 2 aromatic rings. The first-order chi connectivity index (χ1) is 10.7. The molecule has 0 fully saturated rings. The van der Waals surface area contributed by atoms with Gasteiger partial charge in [-0.1, -0.05) is 30.3 Å². The Morgan fingerprint density at radius 3 is 2.36 bits per heavy atom. The molecule has 6 heteroatoms. The van der Waals surface area contributed by atoms with Gasteiger partial charge in [-0.2, -0.15) is 0 Å². The highest BCUT2D eigenvalue weighted by Crippen LogP contribution is 2.15. The van der Waals surface area contributed by atoms with Crippen LogP contribution in [0.5, 0.6) is 5.75 Å². The number of rotatable bonds is 5. The molecule has 0 radical (unpaired) electrons. The highest BCUT2D eigenvalue weighted by atomic mass is 16.5. The Bertz CT molecular complexity index is 671. The molecule has 0 spiro atoms. The van der Waals surface area contributed by atoms with E-state index >= 15 is 0 Å². The summed E-state index contributed by atoms with van der Waals surface area (Å²) in [5.74, 6) is -0.658. The molecular formula is C16H14N2O4. The molecule has 0 saturated carbocycles. The lowest BCUT2D eigenvalue weighted by Crippen LogP contribution is -2.43. The van der Waals surface area contributed by atoms with Gasteiger partial charge in [0.1, 0.15) is 5.75 Å². The minimum absolute atomic E-state index is 0.307. The number of carbonyl (C=O) groups excluding carboxylic acids is 3. The Morgan fingerprint density at radius 2 is 1.64 bits per heavy atom. The van der Waals surface area contributed by atoms with E-state index < -0.39 is 11.8 Å². The van der Waals surface area contributed by atoms with E-state index in [1.54, 1.807) is 54.6 Å². The summed E-state index contributed by atoms with van der Waals surface area (Å²) in [6, 6.07) is 15.0. The largest absolute Gasteiger partial charge is 0.483 e. The van der Waals surface area contributed by atoms with Crippen molar-refractivity contribution >= 4 is 18.1 Å². The minimum Gasteiger partial charge on any atom is -0.483 e. The molecule has 0 atom stereocenters. The Kier molecular flexibility index (Phi) is 5.25. The van der Waals surface area contributed by atoms with Gasteiger partial charge in [0, 0.05) is 5.56 Å².